The fourth-order valence-electron chi connectivity index (χ4n) is 2.94. The largest absolute Gasteiger partial charge is 0.423 e. The van der Waals surface area contributed by atoms with Crippen LogP contribution in [0.15, 0.2) is 18.2 Å². The van der Waals surface area contributed by atoms with E-state index in [1.165, 1.54) is 0 Å². The molecule has 0 aliphatic heterocycles. The third-order valence-electron chi connectivity index (χ3n) is 4.55. The first kappa shape index (κ1) is 24.2. The van der Waals surface area contributed by atoms with Gasteiger partial charge in [-0.05, 0) is 36.2 Å². The zero-order chi connectivity index (χ0) is 21.3. The number of carbonyl (C=O) groups is 2. The smallest absolute Gasteiger partial charge is 0.311 e. The molecule has 0 unspecified atom stereocenters. The molecule has 0 N–H and O–H groups in total. The third kappa shape index (κ3) is 8.90. The lowest BCUT2D eigenvalue weighted by molar-refractivity contribution is -0.137. The van der Waals surface area contributed by atoms with Crippen LogP contribution in [0.4, 0.5) is 0 Å². The molecule has 0 bridgehead atoms. The summed E-state index contributed by atoms with van der Waals surface area (Å²) >= 11 is 0. The van der Waals surface area contributed by atoms with Gasteiger partial charge in [-0.2, -0.15) is 0 Å². The quantitative estimate of drug-likeness (QED) is 0.340. The van der Waals surface area contributed by atoms with Gasteiger partial charge in [-0.15, -0.1) is 0 Å². The summed E-state index contributed by atoms with van der Waals surface area (Å²) in [4.78, 5) is 24.7. The summed E-state index contributed by atoms with van der Waals surface area (Å²) in [6.07, 6.45) is 4.26. The van der Waals surface area contributed by atoms with Gasteiger partial charge in [0, 0.05) is 18.4 Å². The van der Waals surface area contributed by atoms with E-state index < -0.39 is 0 Å². The van der Waals surface area contributed by atoms with E-state index in [1.807, 2.05) is 32.9 Å². The van der Waals surface area contributed by atoms with Gasteiger partial charge in [0.2, 0.25) is 0 Å². The number of carbonyl (C=O) groups excluding carboxylic acids is 2. The van der Waals surface area contributed by atoms with E-state index in [4.69, 9.17) is 9.47 Å². The Morgan fingerprint density at radius 2 is 1.36 bits per heavy atom. The van der Waals surface area contributed by atoms with Crippen LogP contribution in [0.1, 0.15) is 92.6 Å². The van der Waals surface area contributed by atoms with Crippen molar-refractivity contribution in [1.29, 1.82) is 0 Å². The minimum Gasteiger partial charge on any atom is -0.423 e. The highest BCUT2D eigenvalue weighted by Crippen LogP contribution is 2.39. The Morgan fingerprint density at radius 3 is 1.82 bits per heavy atom. The first-order valence-corrected chi connectivity index (χ1v) is 10.6. The number of benzene rings is 1. The number of hydrogen-bond donors (Lipinski definition) is 0. The Balaban J connectivity index is 2.94. The molecule has 4 nitrogen and oxygen atoms in total. The fraction of sp³-hybridized carbons (Fsp3) is 0.667. The zero-order valence-electron chi connectivity index (χ0n) is 18.8. The van der Waals surface area contributed by atoms with Crippen LogP contribution in [0.2, 0.25) is 0 Å². The average Bonchev–Trinajstić information content (AvgIpc) is 2.54. The topological polar surface area (TPSA) is 52.6 Å². The molecule has 0 atom stereocenters. The zero-order valence-corrected chi connectivity index (χ0v) is 18.8. The molecule has 0 saturated carbocycles. The maximum Gasteiger partial charge on any atom is 0.311 e. The van der Waals surface area contributed by atoms with Crippen LogP contribution in [0.25, 0.3) is 0 Å². The van der Waals surface area contributed by atoms with Gasteiger partial charge < -0.3 is 9.47 Å². The molecule has 28 heavy (non-hydrogen) atoms. The number of esters is 2. The molecule has 4 heteroatoms. The van der Waals surface area contributed by atoms with Crippen LogP contribution in [-0.2, 0) is 15.0 Å². The fourth-order valence-corrected chi connectivity index (χ4v) is 2.94. The minimum absolute atomic E-state index is 0.242. The normalized spacial score (nSPS) is 11.8. The SMILES string of the molecule is CC(C)CCCC(=O)Oc1cccc(C(C)(C)C)c1OC(=O)CCCC(C)C. The molecule has 0 aromatic heterocycles. The van der Waals surface area contributed by atoms with Gasteiger partial charge in [-0.1, -0.05) is 73.4 Å². The van der Waals surface area contributed by atoms with E-state index >= 15 is 0 Å². The minimum atomic E-state index is -0.288. The summed E-state index contributed by atoms with van der Waals surface area (Å²) in [5.74, 6) is 1.25. The lowest BCUT2D eigenvalue weighted by Crippen LogP contribution is -2.18. The first-order valence-electron chi connectivity index (χ1n) is 10.6. The van der Waals surface area contributed by atoms with Crippen molar-refractivity contribution in [3.8, 4) is 11.5 Å². The maximum atomic E-state index is 12.4. The van der Waals surface area contributed by atoms with E-state index in [0.717, 1.165) is 31.2 Å². The Hall–Kier alpha value is -1.84. The van der Waals surface area contributed by atoms with Crippen LogP contribution < -0.4 is 9.47 Å². The molecule has 0 aliphatic rings. The third-order valence-corrected chi connectivity index (χ3v) is 4.55. The summed E-state index contributed by atoms with van der Waals surface area (Å²) < 4.78 is 11.3. The van der Waals surface area contributed by atoms with E-state index in [1.54, 1.807) is 6.07 Å². The number of ether oxygens (including phenoxy) is 2. The summed E-state index contributed by atoms with van der Waals surface area (Å²) in [5.41, 5.74) is 0.616. The Kier molecular flexibility index (Phi) is 9.71. The molecule has 158 valence electrons. The van der Waals surface area contributed by atoms with Crippen LogP contribution in [0.5, 0.6) is 11.5 Å². The molecule has 0 spiro atoms. The molecule has 0 fully saturated rings. The van der Waals surface area contributed by atoms with E-state index in [-0.39, 0.29) is 17.4 Å². The van der Waals surface area contributed by atoms with Crippen LogP contribution in [0, 0.1) is 11.8 Å². The van der Waals surface area contributed by atoms with Crippen molar-refractivity contribution < 1.29 is 19.1 Å². The monoisotopic (exact) mass is 390 g/mol. The van der Waals surface area contributed by atoms with Crippen LogP contribution in [-0.4, -0.2) is 11.9 Å². The molecular weight excluding hydrogens is 352 g/mol. The average molecular weight is 391 g/mol. The molecule has 0 heterocycles. The highest BCUT2D eigenvalue weighted by Gasteiger charge is 2.25. The van der Waals surface area contributed by atoms with Crippen molar-refractivity contribution in [2.45, 2.75) is 92.4 Å². The molecule has 1 aromatic carbocycles. The number of para-hydroxylation sites is 1. The molecule has 0 aliphatic carbocycles. The number of rotatable bonds is 10. The highest BCUT2D eigenvalue weighted by atomic mass is 16.6. The lowest BCUT2D eigenvalue weighted by atomic mass is 9.86. The van der Waals surface area contributed by atoms with Crippen molar-refractivity contribution in [2.24, 2.45) is 11.8 Å². The predicted molar refractivity (Wildman–Crippen MR) is 114 cm³/mol. The molecule has 0 radical (unpaired) electrons. The standard InChI is InChI=1S/C24H38O4/c1-17(2)11-8-15-21(25)27-20-14-10-13-19(24(5,6)7)23(20)28-22(26)16-9-12-18(3)4/h10,13-14,17-18H,8-9,11-12,15-16H2,1-7H3. The Labute approximate surface area is 171 Å². The second kappa shape index (κ2) is 11.2. The Bertz CT molecular complexity index is 638. The summed E-state index contributed by atoms with van der Waals surface area (Å²) in [6, 6.07) is 5.46. The van der Waals surface area contributed by atoms with Crippen molar-refractivity contribution in [3.63, 3.8) is 0 Å². The summed E-state index contributed by atoms with van der Waals surface area (Å²) in [7, 11) is 0. The summed E-state index contributed by atoms with van der Waals surface area (Å²) in [6.45, 7) is 14.7. The lowest BCUT2D eigenvalue weighted by Gasteiger charge is -2.23. The summed E-state index contributed by atoms with van der Waals surface area (Å²) in [5, 5.41) is 0. The van der Waals surface area contributed by atoms with E-state index in [0.29, 0.717) is 36.2 Å². The van der Waals surface area contributed by atoms with Gasteiger partial charge in [0.15, 0.2) is 11.5 Å². The van der Waals surface area contributed by atoms with Crippen LogP contribution in [0.3, 0.4) is 0 Å². The van der Waals surface area contributed by atoms with Gasteiger partial charge in [0.05, 0.1) is 0 Å². The molecule has 0 amide bonds. The molecule has 1 aromatic rings. The van der Waals surface area contributed by atoms with E-state index in [9.17, 15) is 9.59 Å². The van der Waals surface area contributed by atoms with Gasteiger partial charge in [-0.25, -0.2) is 0 Å². The second-order valence-electron chi connectivity index (χ2n) is 9.40. The van der Waals surface area contributed by atoms with Crippen LogP contribution >= 0.6 is 0 Å². The van der Waals surface area contributed by atoms with Gasteiger partial charge >= 0.3 is 11.9 Å². The second-order valence-corrected chi connectivity index (χ2v) is 9.40. The van der Waals surface area contributed by atoms with Crippen molar-refractivity contribution in [3.05, 3.63) is 23.8 Å². The molecule has 1 rings (SSSR count). The van der Waals surface area contributed by atoms with E-state index in [2.05, 4.69) is 27.7 Å². The highest BCUT2D eigenvalue weighted by molar-refractivity contribution is 5.77. The Morgan fingerprint density at radius 1 is 0.857 bits per heavy atom. The van der Waals surface area contributed by atoms with Gasteiger partial charge in [0.1, 0.15) is 0 Å². The molecule has 0 saturated heterocycles. The number of hydrogen-bond acceptors (Lipinski definition) is 4. The van der Waals surface area contributed by atoms with Crippen molar-refractivity contribution in [2.75, 3.05) is 0 Å². The van der Waals surface area contributed by atoms with Crippen molar-refractivity contribution >= 4 is 11.9 Å². The predicted octanol–water partition coefficient (Wildman–Crippen LogP) is 6.45. The van der Waals surface area contributed by atoms with Gasteiger partial charge in [0.25, 0.3) is 0 Å². The maximum absolute atomic E-state index is 12.4. The van der Waals surface area contributed by atoms with Crippen molar-refractivity contribution in [1.82, 2.24) is 0 Å². The van der Waals surface area contributed by atoms with Gasteiger partial charge in [-0.3, -0.25) is 9.59 Å². The molecular formula is C24H38O4. The first-order chi connectivity index (χ1) is 13.0.